The summed E-state index contributed by atoms with van der Waals surface area (Å²) in [5.41, 5.74) is 0.603. The van der Waals surface area contributed by atoms with Crippen molar-refractivity contribution in [2.75, 3.05) is 13.3 Å². The van der Waals surface area contributed by atoms with Gasteiger partial charge in [-0.05, 0) is 31.0 Å². The molecule has 98 valence electrons. The van der Waals surface area contributed by atoms with Crippen LogP contribution in [0.1, 0.15) is 30.1 Å². The fraction of sp³-hybridized carbons (Fsp3) is 0.462. The van der Waals surface area contributed by atoms with Gasteiger partial charge >= 0.3 is 0 Å². The molecule has 1 atom stereocenters. The summed E-state index contributed by atoms with van der Waals surface area (Å²) < 4.78 is 10.4. The van der Waals surface area contributed by atoms with Crippen molar-refractivity contribution in [2.24, 2.45) is 0 Å². The fourth-order valence-corrected chi connectivity index (χ4v) is 2.05. The van der Waals surface area contributed by atoms with Crippen LogP contribution in [0.25, 0.3) is 0 Å². The molecule has 18 heavy (non-hydrogen) atoms. The van der Waals surface area contributed by atoms with Crippen molar-refractivity contribution in [2.45, 2.75) is 24.6 Å². The van der Waals surface area contributed by atoms with Gasteiger partial charge in [-0.2, -0.15) is 0 Å². The van der Waals surface area contributed by atoms with Crippen LogP contribution in [0.5, 0.6) is 11.5 Å². The Hall–Kier alpha value is -1.23. The summed E-state index contributed by atoms with van der Waals surface area (Å²) >= 11 is 3.48. The average Bonchev–Trinajstić information content (AvgIpc) is 2.81. The molecule has 4 nitrogen and oxygen atoms in total. The van der Waals surface area contributed by atoms with Crippen molar-refractivity contribution in [3.8, 4) is 11.5 Å². The highest BCUT2D eigenvalue weighted by molar-refractivity contribution is 9.09. The van der Waals surface area contributed by atoms with Gasteiger partial charge < -0.3 is 14.8 Å². The van der Waals surface area contributed by atoms with Crippen LogP contribution in [-0.2, 0) is 0 Å². The second kappa shape index (κ2) is 6.09. The monoisotopic (exact) mass is 313 g/mol. The van der Waals surface area contributed by atoms with Crippen molar-refractivity contribution in [1.82, 2.24) is 5.32 Å². The molecule has 0 aromatic heterocycles. The van der Waals surface area contributed by atoms with Crippen LogP contribution in [0, 0.1) is 0 Å². The third-order valence-corrected chi connectivity index (χ3v) is 3.16. The molecule has 0 saturated carbocycles. The third-order valence-electron chi connectivity index (χ3n) is 2.70. The first kappa shape index (κ1) is 13.2. The maximum atomic E-state index is 11.9. The molecule has 0 spiro atoms. The van der Waals surface area contributed by atoms with Crippen molar-refractivity contribution in [3.63, 3.8) is 0 Å². The summed E-state index contributed by atoms with van der Waals surface area (Å²) in [5.74, 6) is 1.26. The van der Waals surface area contributed by atoms with Gasteiger partial charge in [0.25, 0.3) is 5.91 Å². The van der Waals surface area contributed by atoms with Crippen molar-refractivity contribution >= 4 is 21.8 Å². The first-order chi connectivity index (χ1) is 8.66. The van der Waals surface area contributed by atoms with E-state index in [0.717, 1.165) is 12.8 Å². The maximum Gasteiger partial charge on any atom is 0.251 e. The number of hydrogen-bond donors (Lipinski definition) is 1. The summed E-state index contributed by atoms with van der Waals surface area (Å²) in [6, 6.07) is 5.22. The Labute approximate surface area is 115 Å². The van der Waals surface area contributed by atoms with E-state index in [2.05, 4.69) is 28.2 Å². The van der Waals surface area contributed by atoms with E-state index >= 15 is 0 Å². The van der Waals surface area contributed by atoms with E-state index in [0.29, 0.717) is 28.4 Å². The van der Waals surface area contributed by atoms with Crippen LogP contribution in [0.15, 0.2) is 18.2 Å². The number of benzene rings is 1. The molecule has 0 aliphatic carbocycles. The van der Waals surface area contributed by atoms with E-state index in [9.17, 15) is 4.79 Å². The van der Waals surface area contributed by atoms with Gasteiger partial charge in [-0.25, -0.2) is 0 Å². The smallest absolute Gasteiger partial charge is 0.251 e. The molecular weight excluding hydrogens is 298 g/mol. The molecule has 0 radical (unpaired) electrons. The second-order valence-corrected chi connectivity index (χ2v) is 5.81. The van der Waals surface area contributed by atoms with Crippen molar-refractivity contribution in [3.05, 3.63) is 23.8 Å². The number of halogens is 1. The minimum absolute atomic E-state index is 0.0736. The van der Waals surface area contributed by atoms with Crippen LogP contribution in [-0.4, -0.2) is 24.1 Å². The average molecular weight is 314 g/mol. The van der Waals surface area contributed by atoms with Crippen LogP contribution >= 0.6 is 15.9 Å². The lowest BCUT2D eigenvalue weighted by atomic mass is 10.2. The van der Waals surface area contributed by atoms with E-state index in [1.165, 1.54) is 0 Å². The third kappa shape index (κ3) is 3.38. The van der Waals surface area contributed by atoms with Gasteiger partial charge in [-0.1, -0.05) is 22.9 Å². The Morgan fingerprint density at radius 2 is 2.22 bits per heavy atom. The van der Waals surface area contributed by atoms with E-state index in [4.69, 9.17) is 9.47 Å². The molecule has 1 amide bonds. The van der Waals surface area contributed by atoms with Gasteiger partial charge in [0.15, 0.2) is 11.5 Å². The summed E-state index contributed by atoms with van der Waals surface area (Å²) in [5, 5.41) is 2.89. The van der Waals surface area contributed by atoms with Crippen LogP contribution < -0.4 is 14.8 Å². The zero-order valence-electron chi connectivity index (χ0n) is 10.2. The van der Waals surface area contributed by atoms with Gasteiger partial charge in [0, 0.05) is 16.9 Å². The van der Waals surface area contributed by atoms with Crippen LogP contribution in [0.2, 0.25) is 0 Å². The molecule has 1 aromatic rings. The van der Waals surface area contributed by atoms with E-state index in [1.807, 2.05) is 0 Å². The molecule has 2 rings (SSSR count). The molecule has 1 heterocycles. The first-order valence-electron chi connectivity index (χ1n) is 5.99. The molecule has 1 aliphatic rings. The molecule has 1 aliphatic heterocycles. The Morgan fingerprint density at radius 1 is 1.44 bits per heavy atom. The van der Waals surface area contributed by atoms with E-state index in [1.54, 1.807) is 18.2 Å². The van der Waals surface area contributed by atoms with Crippen LogP contribution in [0.3, 0.4) is 0 Å². The lowest BCUT2D eigenvalue weighted by molar-refractivity contribution is 0.0952. The lowest BCUT2D eigenvalue weighted by Gasteiger charge is -2.06. The normalized spacial score (nSPS) is 14.3. The zero-order chi connectivity index (χ0) is 13.0. The molecule has 0 bridgehead atoms. The molecule has 1 N–H and O–H groups in total. The fourth-order valence-electron chi connectivity index (χ4n) is 1.73. The van der Waals surface area contributed by atoms with Gasteiger partial charge in [0.2, 0.25) is 6.79 Å². The van der Waals surface area contributed by atoms with Crippen LogP contribution in [0.4, 0.5) is 0 Å². The van der Waals surface area contributed by atoms with E-state index in [-0.39, 0.29) is 12.7 Å². The Balaban J connectivity index is 1.85. The molecule has 0 saturated heterocycles. The highest BCUT2D eigenvalue weighted by atomic mass is 79.9. The molecular formula is C13H16BrNO3. The number of amides is 1. The van der Waals surface area contributed by atoms with Gasteiger partial charge in [-0.3, -0.25) is 4.79 Å². The Morgan fingerprint density at radius 3 is 3.00 bits per heavy atom. The number of nitrogens with one attached hydrogen (secondary N) is 1. The topological polar surface area (TPSA) is 47.6 Å². The summed E-state index contributed by atoms with van der Waals surface area (Å²) in [4.78, 5) is 12.4. The Kier molecular flexibility index (Phi) is 4.47. The number of hydrogen-bond acceptors (Lipinski definition) is 3. The number of rotatable bonds is 5. The second-order valence-electron chi connectivity index (χ2n) is 4.25. The predicted molar refractivity (Wildman–Crippen MR) is 72.5 cm³/mol. The van der Waals surface area contributed by atoms with Gasteiger partial charge in [-0.15, -0.1) is 0 Å². The number of ether oxygens (including phenoxy) is 2. The molecule has 1 aromatic carbocycles. The van der Waals surface area contributed by atoms with E-state index < -0.39 is 0 Å². The SMILES string of the molecule is CC(Br)CCCNC(=O)c1ccc2c(c1)OCO2. The maximum absolute atomic E-state index is 11.9. The van der Waals surface area contributed by atoms with Gasteiger partial charge in [0.1, 0.15) is 0 Å². The highest BCUT2D eigenvalue weighted by Gasteiger charge is 2.15. The zero-order valence-corrected chi connectivity index (χ0v) is 11.8. The first-order valence-corrected chi connectivity index (χ1v) is 6.90. The quantitative estimate of drug-likeness (QED) is 0.671. The summed E-state index contributed by atoms with van der Waals surface area (Å²) in [7, 11) is 0. The highest BCUT2D eigenvalue weighted by Crippen LogP contribution is 2.32. The predicted octanol–water partition coefficient (Wildman–Crippen LogP) is 2.71. The van der Waals surface area contributed by atoms with Crippen molar-refractivity contribution < 1.29 is 14.3 Å². The minimum atomic E-state index is -0.0736. The Bertz CT molecular complexity index is 434. The largest absolute Gasteiger partial charge is 0.454 e. The molecule has 0 fully saturated rings. The standard InChI is InChI=1S/C13H16BrNO3/c1-9(14)3-2-6-15-13(16)10-4-5-11-12(7-10)18-8-17-11/h4-5,7,9H,2-3,6,8H2,1H3,(H,15,16). The van der Waals surface area contributed by atoms with Gasteiger partial charge in [0.05, 0.1) is 0 Å². The molecule has 5 heteroatoms. The minimum Gasteiger partial charge on any atom is -0.454 e. The summed E-state index contributed by atoms with van der Waals surface area (Å²) in [6.45, 7) is 3.01. The summed E-state index contributed by atoms with van der Waals surface area (Å²) in [6.07, 6.45) is 2.00. The number of alkyl halides is 1. The number of carbonyl (C=O) groups is 1. The number of carbonyl (C=O) groups excluding carboxylic acids is 1. The number of fused-ring (bicyclic) bond motifs is 1. The molecule has 1 unspecified atom stereocenters. The lowest BCUT2D eigenvalue weighted by Crippen LogP contribution is -2.24. The van der Waals surface area contributed by atoms with Crippen molar-refractivity contribution in [1.29, 1.82) is 0 Å².